The fourth-order valence-corrected chi connectivity index (χ4v) is 4.05. The summed E-state index contributed by atoms with van der Waals surface area (Å²) in [5.41, 5.74) is 7.28. The van der Waals surface area contributed by atoms with Crippen LogP contribution in [0, 0.1) is 18.6 Å². The van der Waals surface area contributed by atoms with Crippen molar-refractivity contribution in [3.8, 4) is 0 Å². The number of likely N-dealkylation sites (tertiary alicyclic amines) is 1. The standard InChI is InChI=1S/C22H28F2N8/c1-13-10-21(30-32(13)16-6-8-31(3)9-7-16)27-20-12-19(28-22(25)29-20)26-14(2)17-5-4-15(23)11-18(17)24/h4-5,10-12,14,16H,6-9H2,1-3H3,(H4,25,26,27,28,29,30). The Kier molecular flexibility index (Phi) is 6.22. The third kappa shape index (κ3) is 4.96. The Morgan fingerprint density at radius 2 is 1.78 bits per heavy atom. The van der Waals surface area contributed by atoms with E-state index >= 15 is 0 Å². The van der Waals surface area contributed by atoms with Crippen LogP contribution in [0.2, 0.25) is 0 Å². The van der Waals surface area contributed by atoms with Crippen molar-refractivity contribution in [2.75, 3.05) is 36.5 Å². The first-order chi connectivity index (χ1) is 15.3. The topological polar surface area (TPSA) is 96.9 Å². The van der Waals surface area contributed by atoms with Gasteiger partial charge in [-0.25, -0.2) is 8.78 Å². The van der Waals surface area contributed by atoms with Gasteiger partial charge in [-0.2, -0.15) is 15.1 Å². The van der Waals surface area contributed by atoms with E-state index in [1.165, 1.54) is 12.1 Å². The molecule has 0 spiro atoms. The number of nitrogen functional groups attached to an aromatic ring is 1. The van der Waals surface area contributed by atoms with Crippen LogP contribution in [-0.4, -0.2) is 44.8 Å². The number of halogens is 2. The average molecular weight is 443 g/mol. The van der Waals surface area contributed by atoms with E-state index in [1.807, 2.05) is 13.0 Å². The van der Waals surface area contributed by atoms with E-state index in [1.54, 1.807) is 13.0 Å². The summed E-state index contributed by atoms with van der Waals surface area (Å²) in [6.45, 7) is 5.90. The highest BCUT2D eigenvalue weighted by Crippen LogP contribution is 2.27. The Labute approximate surface area is 185 Å². The Morgan fingerprint density at radius 1 is 1.06 bits per heavy atom. The molecular weight excluding hydrogens is 414 g/mol. The molecular formula is C22H28F2N8. The van der Waals surface area contributed by atoms with E-state index in [0.29, 0.717) is 29.1 Å². The van der Waals surface area contributed by atoms with Gasteiger partial charge < -0.3 is 21.3 Å². The third-order valence-corrected chi connectivity index (χ3v) is 5.75. The molecule has 1 atom stereocenters. The van der Waals surface area contributed by atoms with Crippen molar-refractivity contribution in [3.63, 3.8) is 0 Å². The zero-order valence-corrected chi connectivity index (χ0v) is 18.4. The van der Waals surface area contributed by atoms with Gasteiger partial charge in [0.2, 0.25) is 5.95 Å². The van der Waals surface area contributed by atoms with Crippen LogP contribution in [0.4, 0.5) is 32.2 Å². The van der Waals surface area contributed by atoms with Gasteiger partial charge in [0.1, 0.15) is 23.3 Å². The van der Waals surface area contributed by atoms with Crippen molar-refractivity contribution < 1.29 is 8.78 Å². The van der Waals surface area contributed by atoms with Crippen LogP contribution in [0.1, 0.15) is 43.1 Å². The van der Waals surface area contributed by atoms with E-state index in [2.05, 4.69) is 37.2 Å². The van der Waals surface area contributed by atoms with Crippen LogP contribution in [0.3, 0.4) is 0 Å². The van der Waals surface area contributed by atoms with Gasteiger partial charge in [-0.05, 0) is 52.9 Å². The minimum atomic E-state index is -0.625. The van der Waals surface area contributed by atoms with Crippen LogP contribution < -0.4 is 16.4 Å². The quantitative estimate of drug-likeness (QED) is 0.530. The van der Waals surface area contributed by atoms with Crippen LogP contribution >= 0.6 is 0 Å². The van der Waals surface area contributed by atoms with E-state index in [9.17, 15) is 8.78 Å². The molecule has 0 aliphatic carbocycles. The Bertz CT molecular complexity index is 1090. The normalized spacial score (nSPS) is 16.2. The van der Waals surface area contributed by atoms with Gasteiger partial charge in [0.25, 0.3) is 0 Å². The molecule has 1 aromatic carbocycles. The number of aryl methyl sites for hydroxylation is 1. The van der Waals surface area contributed by atoms with E-state index in [-0.39, 0.29) is 5.95 Å². The summed E-state index contributed by atoms with van der Waals surface area (Å²) < 4.78 is 29.4. The molecule has 10 heteroatoms. The highest BCUT2D eigenvalue weighted by Gasteiger charge is 2.21. The summed E-state index contributed by atoms with van der Waals surface area (Å²) in [5.74, 6) is 0.382. The number of nitrogens with two attached hydrogens (primary N) is 1. The van der Waals surface area contributed by atoms with Gasteiger partial charge in [-0.3, -0.25) is 4.68 Å². The summed E-state index contributed by atoms with van der Waals surface area (Å²) in [5, 5.41) is 11.0. The predicted octanol–water partition coefficient (Wildman–Crippen LogP) is 4.03. The minimum Gasteiger partial charge on any atom is -0.368 e. The van der Waals surface area contributed by atoms with Crippen molar-refractivity contribution in [2.45, 2.75) is 38.8 Å². The first-order valence-electron chi connectivity index (χ1n) is 10.7. The minimum absolute atomic E-state index is 0.0655. The lowest BCUT2D eigenvalue weighted by Gasteiger charge is -2.29. The number of aromatic nitrogens is 4. The van der Waals surface area contributed by atoms with Crippen molar-refractivity contribution in [1.29, 1.82) is 0 Å². The lowest BCUT2D eigenvalue weighted by Crippen LogP contribution is -2.32. The number of nitrogens with one attached hydrogen (secondary N) is 2. The zero-order chi connectivity index (χ0) is 22.8. The SMILES string of the molecule is Cc1cc(Nc2cc(NC(C)c3ccc(F)cc3F)nc(N)n2)nn1C1CCN(C)CC1. The molecule has 0 saturated carbocycles. The number of hydrogen-bond donors (Lipinski definition) is 3. The molecule has 8 nitrogen and oxygen atoms in total. The molecule has 3 aromatic rings. The van der Waals surface area contributed by atoms with E-state index in [4.69, 9.17) is 10.8 Å². The number of piperidine rings is 1. The second-order valence-corrected chi connectivity index (χ2v) is 8.30. The van der Waals surface area contributed by atoms with Gasteiger partial charge in [0.05, 0.1) is 12.1 Å². The first kappa shape index (κ1) is 21.9. The van der Waals surface area contributed by atoms with Crippen LogP contribution in [0.15, 0.2) is 30.3 Å². The highest BCUT2D eigenvalue weighted by molar-refractivity contribution is 5.58. The molecule has 1 aliphatic heterocycles. The van der Waals surface area contributed by atoms with Crippen molar-refractivity contribution in [1.82, 2.24) is 24.6 Å². The van der Waals surface area contributed by atoms with E-state index < -0.39 is 17.7 Å². The fraction of sp³-hybridized carbons (Fsp3) is 0.409. The largest absolute Gasteiger partial charge is 0.368 e. The number of anilines is 4. The van der Waals surface area contributed by atoms with Crippen molar-refractivity contribution in [3.05, 3.63) is 53.2 Å². The molecule has 3 heterocycles. The Morgan fingerprint density at radius 3 is 2.50 bits per heavy atom. The molecule has 0 amide bonds. The van der Waals surface area contributed by atoms with Gasteiger partial charge in [0, 0.05) is 29.5 Å². The molecule has 4 rings (SSSR count). The Hall–Kier alpha value is -3.27. The molecule has 1 aliphatic rings. The number of hydrogen-bond acceptors (Lipinski definition) is 7. The molecule has 0 radical (unpaired) electrons. The lowest BCUT2D eigenvalue weighted by molar-refractivity contribution is 0.211. The van der Waals surface area contributed by atoms with Gasteiger partial charge in [-0.1, -0.05) is 6.07 Å². The second kappa shape index (κ2) is 9.07. The first-order valence-corrected chi connectivity index (χ1v) is 10.7. The molecule has 1 unspecified atom stereocenters. The highest BCUT2D eigenvalue weighted by atomic mass is 19.1. The smallest absolute Gasteiger partial charge is 0.223 e. The van der Waals surface area contributed by atoms with Gasteiger partial charge in [0.15, 0.2) is 5.82 Å². The van der Waals surface area contributed by atoms with Gasteiger partial charge in [-0.15, -0.1) is 0 Å². The van der Waals surface area contributed by atoms with Crippen molar-refractivity contribution >= 4 is 23.4 Å². The molecule has 2 aromatic heterocycles. The van der Waals surface area contributed by atoms with Crippen LogP contribution in [0.5, 0.6) is 0 Å². The molecule has 1 fully saturated rings. The number of benzene rings is 1. The third-order valence-electron chi connectivity index (χ3n) is 5.75. The number of rotatable bonds is 6. The molecule has 32 heavy (non-hydrogen) atoms. The molecule has 170 valence electrons. The van der Waals surface area contributed by atoms with Crippen LogP contribution in [-0.2, 0) is 0 Å². The molecule has 4 N–H and O–H groups in total. The maximum absolute atomic E-state index is 14.1. The maximum Gasteiger partial charge on any atom is 0.223 e. The summed E-state index contributed by atoms with van der Waals surface area (Å²) in [6.07, 6.45) is 2.12. The second-order valence-electron chi connectivity index (χ2n) is 8.30. The maximum atomic E-state index is 14.1. The van der Waals surface area contributed by atoms with E-state index in [0.717, 1.165) is 37.7 Å². The lowest BCUT2D eigenvalue weighted by atomic mass is 10.1. The van der Waals surface area contributed by atoms with Crippen LogP contribution in [0.25, 0.3) is 0 Å². The summed E-state index contributed by atoms with van der Waals surface area (Å²) in [7, 11) is 2.13. The Balaban J connectivity index is 1.49. The predicted molar refractivity (Wildman–Crippen MR) is 121 cm³/mol. The monoisotopic (exact) mass is 442 g/mol. The van der Waals surface area contributed by atoms with Crippen molar-refractivity contribution in [2.24, 2.45) is 0 Å². The summed E-state index contributed by atoms with van der Waals surface area (Å²) >= 11 is 0. The fourth-order valence-electron chi connectivity index (χ4n) is 4.05. The number of nitrogens with zero attached hydrogens (tertiary/aromatic N) is 5. The summed E-state index contributed by atoms with van der Waals surface area (Å²) in [4.78, 5) is 10.7. The average Bonchev–Trinajstić information content (AvgIpc) is 3.07. The van der Waals surface area contributed by atoms with Gasteiger partial charge >= 0.3 is 0 Å². The summed E-state index contributed by atoms with van der Waals surface area (Å²) in [6, 6.07) is 7.06. The molecule has 0 bridgehead atoms. The zero-order valence-electron chi connectivity index (χ0n) is 18.4. The molecule has 1 saturated heterocycles.